The Balaban J connectivity index is 3.07. The van der Waals surface area contributed by atoms with E-state index in [2.05, 4.69) is 12.2 Å². The number of benzene rings is 1. The minimum atomic E-state index is -0.912. The van der Waals surface area contributed by atoms with Gasteiger partial charge in [0.05, 0.1) is 6.42 Å². The topological polar surface area (TPSA) is 66.4 Å². The fraction of sp³-hybridized carbons (Fsp3) is 0.467. The Morgan fingerprint density at radius 1 is 0.895 bits per heavy atom. The zero-order valence-corrected chi connectivity index (χ0v) is 12.2. The number of nitrogens with one attached hydrogen (secondary N) is 1. The highest BCUT2D eigenvalue weighted by Crippen LogP contribution is 2.25. The predicted octanol–water partition coefficient (Wildman–Crippen LogP) is 2.43. The Kier molecular flexibility index (Phi) is 4.70. The molecule has 0 aliphatic carbocycles. The van der Waals surface area contributed by atoms with Gasteiger partial charge in [0.25, 0.3) is 5.91 Å². The molecule has 0 radical (unpaired) electrons. The summed E-state index contributed by atoms with van der Waals surface area (Å²) >= 11 is 0. The van der Waals surface area contributed by atoms with Crippen molar-refractivity contribution < 1.29 is 14.7 Å². The van der Waals surface area contributed by atoms with Gasteiger partial charge in [0.2, 0.25) is 0 Å². The molecule has 0 bridgehead atoms. The predicted molar refractivity (Wildman–Crippen MR) is 74.7 cm³/mol. The molecule has 0 saturated heterocycles. The molecular formula is C15H21NO3. The van der Waals surface area contributed by atoms with Gasteiger partial charge >= 0.3 is 5.97 Å². The minimum Gasteiger partial charge on any atom is -0.481 e. The summed E-state index contributed by atoms with van der Waals surface area (Å²) in [6.07, 6.45) is -0.0618. The van der Waals surface area contributed by atoms with Crippen molar-refractivity contribution in [1.29, 1.82) is 0 Å². The van der Waals surface area contributed by atoms with Crippen LogP contribution >= 0.6 is 0 Å². The van der Waals surface area contributed by atoms with E-state index < -0.39 is 5.97 Å². The van der Waals surface area contributed by atoms with Crippen LogP contribution in [0, 0.1) is 34.6 Å². The van der Waals surface area contributed by atoms with Crippen molar-refractivity contribution in [3.8, 4) is 0 Å². The Bertz CT molecular complexity index is 504. The SMILES string of the molecule is Cc1c(C)c(C)c(C(=O)NCCC(=O)O)c(C)c1C. The second-order valence-corrected chi connectivity index (χ2v) is 4.90. The molecule has 4 nitrogen and oxygen atoms in total. The molecule has 0 heterocycles. The monoisotopic (exact) mass is 263 g/mol. The van der Waals surface area contributed by atoms with Gasteiger partial charge in [-0.25, -0.2) is 0 Å². The van der Waals surface area contributed by atoms with E-state index in [0.29, 0.717) is 5.56 Å². The summed E-state index contributed by atoms with van der Waals surface area (Å²) in [6.45, 7) is 10.1. The highest BCUT2D eigenvalue weighted by molar-refractivity contribution is 5.98. The molecule has 104 valence electrons. The van der Waals surface area contributed by atoms with E-state index >= 15 is 0 Å². The Morgan fingerprint density at radius 3 is 1.74 bits per heavy atom. The number of carbonyl (C=O) groups excluding carboxylic acids is 1. The molecule has 1 rings (SSSR count). The molecule has 0 spiro atoms. The van der Waals surface area contributed by atoms with Crippen LogP contribution in [0.1, 0.15) is 44.6 Å². The van der Waals surface area contributed by atoms with Gasteiger partial charge in [-0.15, -0.1) is 0 Å². The van der Waals surface area contributed by atoms with Crippen LogP contribution in [0.2, 0.25) is 0 Å². The summed E-state index contributed by atoms with van der Waals surface area (Å²) in [5.41, 5.74) is 6.04. The van der Waals surface area contributed by atoms with Crippen molar-refractivity contribution in [2.75, 3.05) is 6.54 Å². The first-order valence-electron chi connectivity index (χ1n) is 6.34. The molecule has 0 aliphatic heterocycles. The number of carboxylic acids is 1. The average Bonchev–Trinajstić information content (AvgIpc) is 2.34. The molecule has 1 aromatic rings. The number of carbonyl (C=O) groups is 2. The zero-order valence-electron chi connectivity index (χ0n) is 12.2. The summed E-state index contributed by atoms with van der Waals surface area (Å²) < 4.78 is 0. The largest absolute Gasteiger partial charge is 0.481 e. The molecule has 0 aromatic heterocycles. The first-order valence-corrected chi connectivity index (χ1v) is 6.34. The van der Waals surface area contributed by atoms with Gasteiger partial charge in [0, 0.05) is 12.1 Å². The number of amides is 1. The second-order valence-electron chi connectivity index (χ2n) is 4.90. The summed E-state index contributed by atoms with van der Waals surface area (Å²) in [5, 5.41) is 11.2. The molecular weight excluding hydrogens is 242 g/mol. The second kappa shape index (κ2) is 5.87. The van der Waals surface area contributed by atoms with Crippen LogP contribution in [-0.2, 0) is 4.79 Å². The van der Waals surface area contributed by atoms with Gasteiger partial charge in [-0.3, -0.25) is 9.59 Å². The van der Waals surface area contributed by atoms with Gasteiger partial charge in [0.15, 0.2) is 0 Å². The van der Waals surface area contributed by atoms with Crippen LogP contribution < -0.4 is 5.32 Å². The van der Waals surface area contributed by atoms with Crippen LogP contribution in [-0.4, -0.2) is 23.5 Å². The molecule has 1 aromatic carbocycles. The van der Waals surface area contributed by atoms with E-state index in [1.807, 2.05) is 27.7 Å². The molecule has 0 unspecified atom stereocenters. The van der Waals surface area contributed by atoms with E-state index in [4.69, 9.17) is 5.11 Å². The summed E-state index contributed by atoms with van der Waals surface area (Å²) in [7, 11) is 0. The third-order valence-corrected chi connectivity index (χ3v) is 3.85. The average molecular weight is 263 g/mol. The quantitative estimate of drug-likeness (QED) is 0.876. The highest BCUT2D eigenvalue weighted by atomic mass is 16.4. The third-order valence-electron chi connectivity index (χ3n) is 3.85. The maximum Gasteiger partial charge on any atom is 0.305 e. The molecule has 0 aliphatic rings. The first-order chi connectivity index (χ1) is 8.77. The summed E-state index contributed by atoms with van der Waals surface area (Å²) in [5.74, 6) is -1.10. The minimum absolute atomic E-state index is 0.0618. The number of hydrogen-bond acceptors (Lipinski definition) is 2. The lowest BCUT2D eigenvalue weighted by atomic mass is 9.89. The van der Waals surface area contributed by atoms with Crippen LogP contribution in [0.3, 0.4) is 0 Å². The van der Waals surface area contributed by atoms with Gasteiger partial charge in [-0.2, -0.15) is 0 Å². The van der Waals surface area contributed by atoms with Crippen molar-refractivity contribution >= 4 is 11.9 Å². The number of aliphatic carboxylic acids is 1. The lowest BCUT2D eigenvalue weighted by Crippen LogP contribution is -2.28. The van der Waals surface area contributed by atoms with Crippen molar-refractivity contribution in [2.45, 2.75) is 41.0 Å². The van der Waals surface area contributed by atoms with E-state index in [1.165, 1.54) is 5.56 Å². The fourth-order valence-electron chi connectivity index (χ4n) is 2.21. The smallest absolute Gasteiger partial charge is 0.305 e. The van der Waals surface area contributed by atoms with E-state index in [-0.39, 0.29) is 18.9 Å². The molecule has 19 heavy (non-hydrogen) atoms. The highest BCUT2D eigenvalue weighted by Gasteiger charge is 2.17. The molecule has 2 N–H and O–H groups in total. The Morgan fingerprint density at radius 2 is 1.32 bits per heavy atom. The Labute approximate surface area is 113 Å². The summed E-state index contributed by atoms with van der Waals surface area (Å²) in [6, 6.07) is 0. The van der Waals surface area contributed by atoms with Crippen LogP contribution in [0.15, 0.2) is 0 Å². The molecule has 1 amide bonds. The normalized spacial score (nSPS) is 10.4. The van der Waals surface area contributed by atoms with Gasteiger partial charge in [0.1, 0.15) is 0 Å². The molecule has 0 fully saturated rings. The molecule has 0 atom stereocenters. The van der Waals surface area contributed by atoms with Crippen LogP contribution in [0.25, 0.3) is 0 Å². The van der Waals surface area contributed by atoms with Crippen molar-refractivity contribution in [3.05, 3.63) is 33.4 Å². The maximum absolute atomic E-state index is 12.2. The van der Waals surface area contributed by atoms with Crippen molar-refractivity contribution in [3.63, 3.8) is 0 Å². The van der Waals surface area contributed by atoms with E-state index in [1.54, 1.807) is 0 Å². The van der Waals surface area contributed by atoms with Crippen molar-refractivity contribution in [2.24, 2.45) is 0 Å². The van der Waals surface area contributed by atoms with Crippen LogP contribution in [0.4, 0.5) is 0 Å². The molecule has 4 heteroatoms. The maximum atomic E-state index is 12.2. The molecule has 0 saturated carbocycles. The number of hydrogen-bond donors (Lipinski definition) is 2. The van der Waals surface area contributed by atoms with Gasteiger partial charge in [-0.05, 0) is 62.4 Å². The number of carboxylic acid groups (broad SMARTS) is 1. The van der Waals surface area contributed by atoms with E-state index in [9.17, 15) is 9.59 Å². The standard InChI is InChI=1S/C15H21NO3/c1-8-9(2)11(4)14(12(5)10(8)3)15(19)16-7-6-13(17)18/h6-7H2,1-5H3,(H,16,19)(H,17,18). The van der Waals surface area contributed by atoms with Crippen molar-refractivity contribution in [1.82, 2.24) is 5.32 Å². The van der Waals surface area contributed by atoms with Gasteiger partial charge in [-0.1, -0.05) is 0 Å². The fourth-order valence-corrected chi connectivity index (χ4v) is 2.21. The summed E-state index contributed by atoms with van der Waals surface area (Å²) in [4.78, 5) is 22.6. The zero-order chi connectivity index (χ0) is 14.7. The Hall–Kier alpha value is -1.84. The van der Waals surface area contributed by atoms with Crippen LogP contribution in [0.5, 0.6) is 0 Å². The third kappa shape index (κ3) is 3.13. The first kappa shape index (κ1) is 15.2. The lowest BCUT2D eigenvalue weighted by Gasteiger charge is -2.18. The van der Waals surface area contributed by atoms with Gasteiger partial charge < -0.3 is 10.4 Å². The lowest BCUT2D eigenvalue weighted by molar-refractivity contribution is -0.136. The number of rotatable bonds is 4. The van der Waals surface area contributed by atoms with E-state index in [0.717, 1.165) is 22.3 Å².